The monoisotopic (exact) mass is 254 g/mol. The molecule has 3 heteroatoms. The van der Waals surface area contributed by atoms with Crippen molar-refractivity contribution in [1.29, 1.82) is 0 Å². The van der Waals surface area contributed by atoms with E-state index in [-0.39, 0.29) is 0 Å². The van der Waals surface area contributed by atoms with E-state index in [1.165, 1.54) is 32.2 Å². The molecule has 3 nitrogen and oxygen atoms in total. The SMILES string of the molecule is CCCNC(CN(C)C(C)C1CC1)C1CCOC1. The molecule has 106 valence electrons. The van der Waals surface area contributed by atoms with Gasteiger partial charge in [-0.15, -0.1) is 0 Å². The smallest absolute Gasteiger partial charge is 0.0510 e. The van der Waals surface area contributed by atoms with Crippen molar-refractivity contribution in [2.45, 2.75) is 51.6 Å². The summed E-state index contributed by atoms with van der Waals surface area (Å²) < 4.78 is 5.56. The lowest BCUT2D eigenvalue weighted by Crippen LogP contribution is -2.47. The summed E-state index contributed by atoms with van der Waals surface area (Å²) in [5, 5.41) is 3.73. The maximum absolute atomic E-state index is 5.56. The molecule has 1 heterocycles. The number of rotatable bonds is 8. The molecule has 0 spiro atoms. The van der Waals surface area contributed by atoms with E-state index in [0.717, 1.165) is 31.7 Å². The fourth-order valence-electron chi connectivity index (χ4n) is 3.00. The molecular formula is C15H30N2O. The van der Waals surface area contributed by atoms with Gasteiger partial charge >= 0.3 is 0 Å². The third-order valence-corrected chi connectivity index (χ3v) is 4.67. The summed E-state index contributed by atoms with van der Waals surface area (Å²) in [7, 11) is 2.29. The second-order valence-electron chi connectivity index (χ2n) is 6.20. The second-order valence-corrected chi connectivity index (χ2v) is 6.20. The van der Waals surface area contributed by atoms with Crippen molar-refractivity contribution in [2.75, 3.05) is 33.4 Å². The Labute approximate surface area is 112 Å². The molecule has 1 N–H and O–H groups in total. The molecule has 3 atom stereocenters. The van der Waals surface area contributed by atoms with Crippen LogP contribution in [-0.2, 0) is 4.74 Å². The van der Waals surface area contributed by atoms with Crippen molar-refractivity contribution in [2.24, 2.45) is 11.8 Å². The third-order valence-electron chi connectivity index (χ3n) is 4.67. The maximum Gasteiger partial charge on any atom is 0.0510 e. The Morgan fingerprint density at radius 3 is 2.61 bits per heavy atom. The number of nitrogens with zero attached hydrogens (tertiary/aromatic N) is 1. The van der Waals surface area contributed by atoms with Gasteiger partial charge in [0.1, 0.15) is 0 Å². The first-order chi connectivity index (χ1) is 8.72. The van der Waals surface area contributed by atoms with Crippen LogP contribution >= 0.6 is 0 Å². The molecule has 2 fully saturated rings. The summed E-state index contributed by atoms with van der Waals surface area (Å²) in [6.07, 6.45) is 5.31. The summed E-state index contributed by atoms with van der Waals surface area (Å²) in [6, 6.07) is 1.36. The first-order valence-electron chi connectivity index (χ1n) is 7.73. The molecule has 18 heavy (non-hydrogen) atoms. The Hall–Kier alpha value is -0.120. The second kappa shape index (κ2) is 6.88. The van der Waals surface area contributed by atoms with Gasteiger partial charge in [-0.1, -0.05) is 6.92 Å². The third kappa shape index (κ3) is 3.94. The standard InChI is InChI=1S/C15H30N2O/c1-4-8-16-15(14-7-9-18-11-14)10-17(3)12(2)13-5-6-13/h12-16H,4-11H2,1-3H3. The lowest BCUT2D eigenvalue weighted by molar-refractivity contribution is 0.153. The van der Waals surface area contributed by atoms with Crippen LogP contribution in [0.15, 0.2) is 0 Å². The zero-order valence-corrected chi connectivity index (χ0v) is 12.3. The molecule has 3 unspecified atom stereocenters. The molecule has 0 aromatic carbocycles. The lowest BCUT2D eigenvalue weighted by Gasteiger charge is -2.32. The molecule has 0 bridgehead atoms. The maximum atomic E-state index is 5.56. The van der Waals surface area contributed by atoms with Crippen molar-refractivity contribution in [3.8, 4) is 0 Å². The van der Waals surface area contributed by atoms with E-state index in [0.29, 0.717) is 12.0 Å². The summed E-state index contributed by atoms with van der Waals surface area (Å²) >= 11 is 0. The fraction of sp³-hybridized carbons (Fsp3) is 1.00. The number of ether oxygens (including phenoxy) is 1. The van der Waals surface area contributed by atoms with Gasteiger partial charge < -0.3 is 15.0 Å². The summed E-state index contributed by atoms with van der Waals surface area (Å²) in [6.45, 7) is 8.84. The molecule has 1 aliphatic heterocycles. The van der Waals surface area contributed by atoms with Crippen LogP contribution < -0.4 is 5.32 Å². The van der Waals surface area contributed by atoms with Gasteiger partial charge in [0.15, 0.2) is 0 Å². The van der Waals surface area contributed by atoms with Gasteiger partial charge in [0.05, 0.1) is 6.61 Å². The van der Waals surface area contributed by atoms with Gasteiger partial charge in [0.25, 0.3) is 0 Å². The van der Waals surface area contributed by atoms with Crippen molar-refractivity contribution in [1.82, 2.24) is 10.2 Å². The van der Waals surface area contributed by atoms with Gasteiger partial charge in [0.2, 0.25) is 0 Å². The Morgan fingerprint density at radius 1 is 1.28 bits per heavy atom. The Kier molecular flexibility index (Phi) is 5.46. The number of hydrogen-bond acceptors (Lipinski definition) is 3. The van der Waals surface area contributed by atoms with E-state index in [2.05, 4.69) is 31.1 Å². The Balaban J connectivity index is 1.82. The highest BCUT2D eigenvalue weighted by atomic mass is 16.5. The summed E-state index contributed by atoms with van der Waals surface area (Å²) in [5.41, 5.74) is 0. The Morgan fingerprint density at radius 2 is 2.06 bits per heavy atom. The van der Waals surface area contributed by atoms with Crippen molar-refractivity contribution in [3.05, 3.63) is 0 Å². The van der Waals surface area contributed by atoms with Crippen LogP contribution in [0, 0.1) is 11.8 Å². The van der Waals surface area contributed by atoms with Gasteiger partial charge in [0, 0.05) is 31.2 Å². The first kappa shape index (κ1) is 14.3. The number of likely N-dealkylation sites (N-methyl/N-ethyl adjacent to an activating group) is 1. The van der Waals surface area contributed by atoms with Crippen LogP contribution in [0.1, 0.15) is 39.5 Å². The van der Waals surface area contributed by atoms with E-state index < -0.39 is 0 Å². The van der Waals surface area contributed by atoms with Crippen molar-refractivity contribution < 1.29 is 4.74 Å². The van der Waals surface area contributed by atoms with Gasteiger partial charge in [-0.05, 0) is 52.1 Å². The number of nitrogens with one attached hydrogen (secondary N) is 1. The fourth-order valence-corrected chi connectivity index (χ4v) is 3.00. The van der Waals surface area contributed by atoms with Crippen LogP contribution in [0.4, 0.5) is 0 Å². The molecule has 1 aliphatic carbocycles. The van der Waals surface area contributed by atoms with Gasteiger partial charge in [-0.3, -0.25) is 0 Å². The molecule has 1 saturated carbocycles. The van der Waals surface area contributed by atoms with E-state index in [4.69, 9.17) is 4.74 Å². The normalized spacial score (nSPS) is 27.7. The minimum atomic E-state index is 0.610. The molecule has 1 saturated heterocycles. The average molecular weight is 254 g/mol. The van der Waals surface area contributed by atoms with Gasteiger partial charge in [-0.2, -0.15) is 0 Å². The van der Waals surface area contributed by atoms with E-state index in [1.807, 2.05) is 0 Å². The van der Waals surface area contributed by atoms with Crippen LogP contribution in [0.25, 0.3) is 0 Å². The van der Waals surface area contributed by atoms with Crippen molar-refractivity contribution in [3.63, 3.8) is 0 Å². The van der Waals surface area contributed by atoms with Crippen LogP contribution in [0.2, 0.25) is 0 Å². The van der Waals surface area contributed by atoms with Crippen LogP contribution in [0.5, 0.6) is 0 Å². The van der Waals surface area contributed by atoms with E-state index >= 15 is 0 Å². The highest BCUT2D eigenvalue weighted by molar-refractivity contribution is 4.88. The minimum Gasteiger partial charge on any atom is -0.381 e. The van der Waals surface area contributed by atoms with E-state index in [9.17, 15) is 0 Å². The predicted octanol–water partition coefficient (Wildman–Crippen LogP) is 2.12. The predicted molar refractivity (Wildman–Crippen MR) is 75.8 cm³/mol. The van der Waals surface area contributed by atoms with Crippen molar-refractivity contribution >= 4 is 0 Å². The summed E-state index contributed by atoms with van der Waals surface area (Å²) in [4.78, 5) is 2.56. The zero-order valence-electron chi connectivity index (χ0n) is 12.3. The lowest BCUT2D eigenvalue weighted by atomic mass is 9.97. The minimum absolute atomic E-state index is 0.610. The van der Waals surface area contributed by atoms with E-state index in [1.54, 1.807) is 0 Å². The van der Waals surface area contributed by atoms with Gasteiger partial charge in [-0.25, -0.2) is 0 Å². The average Bonchev–Trinajstić information content (AvgIpc) is 3.08. The number of hydrogen-bond donors (Lipinski definition) is 1. The largest absolute Gasteiger partial charge is 0.381 e. The highest BCUT2D eigenvalue weighted by Gasteiger charge is 2.33. The zero-order chi connectivity index (χ0) is 13.0. The molecule has 0 aromatic heterocycles. The molecular weight excluding hydrogens is 224 g/mol. The Bertz CT molecular complexity index is 237. The first-order valence-corrected chi connectivity index (χ1v) is 7.73. The highest BCUT2D eigenvalue weighted by Crippen LogP contribution is 2.34. The molecule has 0 radical (unpaired) electrons. The summed E-state index contributed by atoms with van der Waals surface area (Å²) in [5.74, 6) is 1.67. The van der Waals surface area contributed by atoms with Crippen LogP contribution in [-0.4, -0.2) is 50.3 Å². The van der Waals surface area contributed by atoms with Crippen LogP contribution in [0.3, 0.4) is 0 Å². The molecule has 0 amide bonds. The molecule has 0 aromatic rings. The quantitative estimate of drug-likeness (QED) is 0.718. The molecule has 2 aliphatic rings. The molecule has 2 rings (SSSR count). The topological polar surface area (TPSA) is 24.5 Å².